The molecule has 0 spiro atoms. The van der Waals surface area contributed by atoms with Crippen LogP contribution in [0.2, 0.25) is 25.2 Å². The number of benzene rings is 4. The SMILES string of the molecule is C.CC1(C)O[C@H]2[C@@H](O1)[C@H](n1ccc3c(Cl)ncnc31)O[C@@H]2[C@H](O)c1ccc(Cl)cc1CCCO.Cc1ncnc2c1ccn2[C@@H]1O[C@H]([C@@H]2OCCCc3cc(Cl)ccc32)[C@@H](O)[C@H]1O.Cc1ncnc2c1ccn2[C@@H]1O[C@H]([C@@H]2OCCCc3cc(Cl)ccc32)[C@H]2OC(C)(C)O[C@H]21.Cc1ncnc2c1ccn2[C@@H]1O[C@H]([C@H](O)c2ccc(Cl)cc2CCCO)[C@H]2OC(C)(C)O[C@H]21. The molecule has 8 aromatic heterocycles. The van der Waals surface area contributed by atoms with Gasteiger partial charge in [0.2, 0.25) is 0 Å². The Morgan fingerprint density at radius 2 is 0.750 bits per heavy atom. The average Bonchev–Trinajstić information content (AvgIpc) is 1.59. The summed E-state index contributed by atoms with van der Waals surface area (Å²) >= 11 is 31.1. The van der Waals surface area contributed by atoms with Crippen molar-refractivity contribution in [2.45, 2.75) is 261 Å². The number of ether oxygens (including phenoxy) is 12. The van der Waals surface area contributed by atoms with Gasteiger partial charge < -0.3 is 106 Å². The molecule has 0 bridgehead atoms. The molecule has 128 heavy (non-hydrogen) atoms. The lowest BCUT2D eigenvalue weighted by molar-refractivity contribution is -0.211. The highest BCUT2D eigenvalue weighted by molar-refractivity contribution is 6.34. The zero-order chi connectivity index (χ0) is 88.8. The van der Waals surface area contributed by atoms with E-state index in [2.05, 4.69) is 45.9 Å². The van der Waals surface area contributed by atoms with Gasteiger partial charge in [0.05, 0.1) is 22.5 Å². The van der Waals surface area contributed by atoms with Gasteiger partial charge in [-0.25, -0.2) is 39.9 Å². The standard InChI is InChI=1S/C24H28ClN3O5.C24H26ClN3O4.C23H25Cl2N3O5.C21H22ClN3O4.CH4/c1-13-16-8-9-28(22(16)27-12-26-13)23-21-20(32-24(2,3)33-21)19(31-23)18(30)17-7-6-15(25)11-14(17)5-4-10-29;1-13-16-8-9-28(22(16)27-12-26-13)23-21-20(31-24(2,3)32-21)19(30-23)18-17-7-6-15(25)11-14(17)5-4-10-29-18;1-23(2)32-18-17(16(30)14-6-5-13(24)10-12(14)4-3-9-29)31-22(19(18)33-23)28-8-7-15-20(25)26-11-27-21(15)28;1-11-14-6-7-25(20(14)24-10-23-11)21-17(27)16(26)19(29-21)18-15-5-4-13(22)9-12(15)3-2-8-28-18;/h6-9,11-12,18-21,23,29-30H,4-5,10H2,1-3H3;6-9,11-12,18-21,23H,4-5,10H2,1-3H3;5-8,10-11,16-19,22,29-30H,3-4,9H2,1-2H3;4-7,9-10,16-19,21,26-27H,2-3,8H2,1H3;1H4/t2*18-,19-,20-,21-,23-;16-,17-,18-,19-,22-;16-,17+,18+,19-,21+;/m1110./s1. The van der Waals surface area contributed by atoms with E-state index in [0.717, 1.165) is 103 Å². The Morgan fingerprint density at radius 1 is 0.398 bits per heavy atom. The number of fused-ring (bicyclic) bond motifs is 9. The van der Waals surface area contributed by atoms with Crippen LogP contribution in [0.3, 0.4) is 0 Å². The fourth-order valence-electron chi connectivity index (χ4n) is 19.3. The van der Waals surface area contributed by atoms with E-state index >= 15 is 0 Å². The Kier molecular flexibility index (Phi) is 27.0. The van der Waals surface area contributed by atoms with Crippen molar-refractivity contribution in [2.24, 2.45) is 0 Å². The number of hydrogen-bond donors (Lipinski definition) is 6. The van der Waals surface area contributed by atoms with Crippen LogP contribution in [0, 0.1) is 20.8 Å². The van der Waals surface area contributed by atoms with Crippen molar-refractivity contribution in [1.29, 1.82) is 0 Å². The van der Waals surface area contributed by atoms with E-state index in [0.29, 0.717) is 86.9 Å². The fourth-order valence-corrected chi connectivity index (χ4v) is 20.3. The molecule has 0 amide bonds. The Hall–Kier alpha value is -7.91. The third kappa shape index (κ3) is 18.0. The van der Waals surface area contributed by atoms with Crippen molar-refractivity contribution < 1.29 is 87.5 Å². The highest BCUT2D eigenvalue weighted by Crippen LogP contribution is 2.53. The van der Waals surface area contributed by atoms with Gasteiger partial charge >= 0.3 is 0 Å². The summed E-state index contributed by atoms with van der Waals surface area (Å²) < 4.78 is 83.3. The van der Waals surface area contributed by atoms with Gasteiger partial charge in [-0.3, -0.25) is 0 Å². The molecule has 6 N–H and O–H groups in total. The molecular formula is C93H105Cl5N12O18. The van der Waals surface area contributed by atoms with Crippen molar-refractivity contribution in [2.75, 3.05) is 26.4 Å². The maximum Gasteiger partial charge on any atom is 0.164 e. The number of aryl methyl sites for hydroxylation is 7. The van der Waals surface area contributed by atoms with Crippen LogP contribution >= 0.6 is 58.0 Å². The first-order valence-electron chi connectivity index (χ1n) is 42.8. The first kappa shape index (κ1) is 92.0. The first-order chi connectivity index (χ1) is 61.0. The average molecular weight is 1860 g/mol. The summed E-state index contributed by atoms with van der Waals surface area (Å²) in [4.78, 5) is 34.5. The van der Waals surface area contributed by atoms with Gasteiger partial charge in [-0.15, -0.1) is 0 Å². The van der Waals surface area contributed by atoms with Crippen molar-refractivity contribution in [3.63, 3.8) is 0 Å². The van der Waals surface area contributed by atoms with Crippen molar-refractivity contribution >= 4 is 102 Å². The molecule has 7 saturated heterocycles. The Morgan fingerprint density at radius 3 is 1.19 bits per heavy atom. The third-order valence-electron chi connectivity index (χ3n) is 25.0. The Labute approximate surface area is 764 Å². The summed E-state index contributed by atoms with van der Waals surface area (Å²) in [7, 11) is 0. The van der Waals surface area contributed by atoms with E-state index in [1.807, 2.05) is 167 Å². The lowest BCUT2D eigenvalue weighted by atomic mass is 9.93. The van der Waals surface area contributed by atoms with Crippen LogP contribution < -0.4 is 0 Å². The molecule has 0 saturated carbocycles. The van der Waals surface area contributed by atoms with E-state index < -0.39 is 109 Å². The summed E-state index contributed by atoms with van der Waals surface area (Å²) in [5, 5.41) is 69.6. The Bertz CT molecular complexity index is 5820. The van der Waals surface area contributed by atoms with E-state index in [-0.39, 0.29) is 51.3 Å². The minimum atomic E-state index is -1.12. The lowest BCUT2D eigenvalue weighted by Gasteiger charge is -2.29. The zero-order valence-corrected chi connectivity index (χ0v) is 75.0. The maximum absolute atomic E-state index is 11.5. The minimum Gasteiger partial charge on any atom is -0.396 e. The summed E-state index contributed by atoms with van der Waals surface area (Å²) in [5.74, 6) is -2.37. The summed E-state index contributed by atoms with van der Waals surface area (Å²) in [6.45, 7) is 18.4. The molecule has 30 nitrogen and oxygen atoms in total. The predicted molar refractivity (Wildman–Crippen MR) is 476 cm³/mol. The molecular weight excluding hydrogens is 1750 g/mol. The second kappa shape index (κ2) is 37.6. The maximum atomic E-state index is 11.5. The Balaban J connectivity index is 0.000000120. The number of halogens is 5. The second-order valence-corrected chi connectivity index (χ2v) is 36.8. The monoisotopic (exact) mass is 1850 g/mol. The van der Waals surface area contributed by atoms with Crippen LogP contribution in [0.1, 0.15) is 186 Å². The van der Waals surface area contributed by atoms with Crippen LogP contribution in [0.4, 0.5) is 0 Å². The second-order valence-electron chi connectivity index (χ2n) is 34.7. The van der Waals surface area contributed by atoms with E-state index in [4.69, 9.17) is 115 Å². The molecule has 35 heteroatoms. The molecule has 21 rings (SSSR count). The first-order valence-corrected chi connectivity index (χ1v) is 44.7. The molecule has 0 aliphatic carbocycles. The van der Waals surface area contributed by atoms with Crippen LogP contribution in [0.25, 0.3) is 44.1 Å². The van der Waals surface area contributed by atoms with Crippen LogP contribution in [0.15, 0.2) is 147 Å². The smallest absolute Gasteiger partial charge is 0.164 e. The molecule has 9 aliphatic rings. The molecule has 20 atom stereocenters. The summed E-state index contributed by atoms with van der Waals surface area (Å²) in [5.41, 5.74) is 13.0. The minimum absolute atomic E-state index is 0. The highest BCUT2D eigenvalue weighted by Gasteiger charge is 2.62. The highest BCUT2D eigenvalue weighted by atomic mass is 35.5. The quantitative estimate of drug-likeness (QED) is 0.0489. The number of aliphatic hydroxyl groups is 6. The van der Waals surface area contributed by atoms with Gasteiger partial charge in [0.15, 0.2) is 42.3 Å². The van der Waals surface area contributed by atoms with Gasteiger partial charge in [0.1, 0.15) is 151 Å². The van der Waals surface area contributed by atoms with Gasteiger partial charge in [-0.05, 0) is 231 Å². The van der Waals surface area contributed by atoms with Crippen molar-refractivity contribution in [3.05, 3.63) is 234 Å². The molecule has 9 aliphatic heterocycles. The molecule has 0 radical (unpaired) electrons. The van der Waals surface area contributed by atoms with Gasteiger partial charge in [-0.1, -0.05) is 89.7 Å². The zero-order valence-electron chi connectivity index (χ0n) is 71.2. The van der Waals surface area contributed by atoms with E-state index in [1.54, 1.807) is 35.3 Å². The third-order valence-corrected chi connectivity index (χ3v) is 26.3. The topological polar surface area (TPSA) is 355 Å². The number of aliphatic hydroxyl groups excluding tert-OH is 6. The summed E-state index contributed by atoms with van der Waals surface area (Å²) in [6.07, 6.45) is 7.29. The van der Waals surface area contributed by atoms with Gasteiger partial charge in [-0.2, -0.15) is 0 Å². The number of nitrogens with zero attached hydrogens (tertiary/aromatic N) is 12. The molecule has 680 valence electrons. The van der Waals surface area contributed by atoms with E-state index in [1.165, 1.54) is 24.5 Å². The summed E-state index contributed by atoms with van der Waals surface area (Å²) in [6, 6.07) is 30.1. The predicted octanol–water partition coefficient (Wildman–Crippen LogP) is 15.2. The normalized spacial score (nSPS) is 28.6. The number of rotatable bonds is 16. The molecule has 4 aromatic carbocycles. The van der Waals surface area contributed by atoms with E-state index in [9.17, 15) is 30.6 Å². The molecule has 17 heterocycles. The number of hydrogen-bond acceptors (Lipinski definition) is 26. The van der Waals surface area contributed by atoms with Crippen molar-refractivity contribution in [1.82, 2.24) is 58.1 Å². The van der Waals surface area contributed by atoms with Crippen LogP contribution in [-0.2, 0) is 82.5 Å². The van der Waals surface area contributed by atoms with Gasteiger partial charge in [0, 0.05) is 87.5 Å². The molecule has 12 aromatic rings. The lowest BCUT2D eigenvalue weighted by Crippen LogP contribution is -2.35. The van der Waals surface area contributed by atoms with Gasteiger partial charge in [0.25, 0.3) is 0 Å². The van der Waals surface area contributed by atoms with Crippen LogP contribution in [-0.4, -0.2) is 206 Å². The van der Waals surface area contributed by atoms with Crippen LogP contribution in [0.5, 0.6) is 0 Å². The fraction of sp³-hybridized carbons (Fsp3) is 0.484. The molecule has 0 unspecified atom stereocenters. The largest absolute Gasteiger partial charge is 0.396 e. The molecule has 7 fully saturated rings. The van der Waals surface area contributed by atoms with Crippen molar-refractivity contribution in [3.8, 4) is 0 Å². The number of aromatic nitrogens is 12.